The summed E-state index contributed by atoms with van der Waals surface area (Å²) in [4.78, 5) is 16.1. The summed E-state index contributed by atoms with van der Waals surface area (Å²) in [5, 5.41) is 2.84. The van der Waals surface area contributed by atoms with Crippen LogP contribution in [0.5, 0.6) is 0 Å². The molecule has 3 rings (SSSR count). The van der Waals surface area contributed by atoms with Crippen molar-refractivity contribution in [1.82, 2.24) is 10.3 Å². The Bertz CT molecular complexity index is 828. The summed E-state index contributed by atoms with van der Waals surface area (Å²) < 4.78 is 27.1. The summed E-state index contributed by atoms with van der Waals surface area (Å²) in [5.74, 6) is -0.239. The van der Waals surface area contributed by atoms with Gasteiger partial charge in [0.25, 0.3) is 15.9 Å². The predicted octanol–water partition coefficient (Wildman–Crippen LogP) is 2.08. The third kappa shape index (κ3) is 3.87. The largest absolute Gasteiger partial charge is 0.349 e. The van der Waals surface area contributed by atoms with Crippen LogP contribution in [0.15, 0.2) is 47.6 Å². The van der Waals surface area contributed by atoms with Gasteiger partial charge in [-0.05, 0) is 38.0 Å². The predicted molar refractivity (Wildman–Crippen MR) is 86.7 cm³/mol. The Hall–Kier alpha value is -2.41. The second-order valence-electron chi connectivity index (χ2n) is 5.63. The molecule has 6 nitrogen and oxygen atoms in total. The summed E-state index contributed by atoms with van der Waals surface area (Å²) in [7, 11) is -3.70. The minimum atomic E-state index is -3.70. The van der Waals surface area contributed by atoms with E-state index in [1.54, 1.807) is 12.1 Å². The lowest BCUT2D eigenvalue weighted by atomic mass is 10.2. The van der Waals surface area contributed by atoms with Gasteiger partial charge >= 0.3 is 0 Å². The molecule has 23 heavy (non-hydrogen) atoms. The highest BCUT2D eigenvalue weighted by Gasteiger charge is 2.24. The Labute approximate surface area is 135 Å². The van der Waals surface area contributed by atoms with E-state index in [2.05, 4.69) is 15.0 Å². The maximum absolute atomic E-state index is 12.3. The Kier molecular flexibility index (Phi) is 4.04. The molecule has 0 aliphatic heterocycles. The third-order valence-electron chi connectivity index (χ3n) is 3.50. The highest BCUT2D eigenvalue weighted by molar-refractivity contribution is 7.92. The first-order valence-corrected chi connectivity index (χ1v) is 8.78. The average Bonchev–Trinajstić information content (AvgIpc) is 3.31. The molecule has 1 aliphatic carbocycles. The summed E-state index contributed by atoms with van der Waals surface area (Å²) in [5.41, 5.74) is 1.57. The molecule has 0 unspecified atom stereocenters. The van der Waals surface area contributed by atoms with Crippen molar-refractivity contribution in [3.8, 4) is 0 Å². The SMILES string of the molecule is Cc1ccc(S(=O)(=O)Nc2cncc(C(=O)NC3CC3)c2)cc1. The van der Waals surface area contributed by atoms with Gasteiger partial charge < -0.3 is 5.32 Å². The van der Waals surface area contributed by atoms with Crippen LogP contribution in [0.3, 0.4) is 0 Å². The van der Waals surface area contributed by atoms with Crippen LogP contribution in [0.25, 0.3) is 0 Å². The van der Waals surface area contributed by atoms with Crippen molar-refractivity contribution in [2.75, 3.05) is 4.72 Å². The minimum Gasteiger partial charge on any atom is -0.349 e. The molecular formula is C16H17N3O3S. The van der Waals surface area contributed by atoms with Crippen LogP contribution >= 0.6 is 0 Å². The fourth-order valence-corrected chi connectivity index (χ4v) is 3.08. The zero-order valence-corrected chi connectivity index (χ0v) is 13.4. The van der Waals surface area contributed by atoms with Crippen LogP contribution in [0.2, 0.25) is 0 Å². The van der Waals surface area contributed by atoms with E-state index < -0.39 is 10.0 Å². The van der Waals surface area contributed by atoms with E-state index in [1.807, 2.05) is 6.92 Å². The van der Waals surface area contributed by atoms with Crippen molar-refractivity contribution >= 4 is 21.6 Å². The quantitative estimate of drug-likeness (QED) is 0.878. The molecule has 7 heteroatoms. The van der Waals surface area contributed by atoms with E-state index in [4.69, 9.17) is 0 Å². The Balaban J connectivity index is 1.79. The fourth-order valence-electron chi connectivity index (χ4n) is 2.05. The Morgan fingerprint density at radius 2 is 1.87 bits per heavy atom. The number of rotatable bonds is 5. The molecule has 0 atom stereocenters. The summed E-state index contributed by atoms with van der Waals surface area (Å²) in [6.45, 7) is 1.88. The molecule has 1 aliphatic rings. The highest BCUT2D eigenvalue weighted by atomic mass is 32.2. The minimum absolute atomic E-state index is 0.163. The van der Waals surface area contributed by atoms with Gasteiger partial charge in [-0.3, -0.25) is 14.5 Å². The van der Waals surface area contributed by atoms with Gasteiger partial charge in [0.1, 0.15) is 0 Å². The number of hydrogen-bond donors (Lipinski definition) is 2. The second kappa shape index (κ2) is 6.00. The van der Waals surface area contributed by atoms with E-state index in [-0.39, 0.29) is 22.5 Å². The number of hydrogen-bond acceptors (Lipinski definition) is 4. The van der Waals surface area contributed by atoms with Crippen LogP contribution in [-0.4, -0.2) is 25.4 Å². The van der Waals surface area contributed by atoms with Crippen molar-refractivity contribution in [2.24, 2.45) is 0 Å². The number of carbonyl (C=O) groups excluding carboxylic acids is 1. The topological polar surface area (TPSA) is 88.2 Å². The average molecular weight is 331 g/mol. The number of pyridine rings is 1. The van der Waals surface area contributed by atoms with Crippen LogP contribution in [0, 0.1) is 6.92 Å². The molecule has 0 bridgehead atoms. The molecular weight excluding hydrogens is 314 g/mol. The van der Waals surface area contributed by atoms with Gasteiger partial charge in [0.2, 0.25) is 0 Å². The number of aromatic nitrogens is 1. The maximum Gasteiger partial charge on any atom is 0.261 e. The smallest absolute Gasteiger partial charge is 0.261 e. The summed E-state index contributed by atoms with van der Waals surface area (Å²) in [6, 6.07) is 8.24. The lowest BCUT2D eigenvalue weighted by molar-refractivity contribution is 0.0950. The Morgan fingerprint density at radius 1 is 1.17 bits per heavy atom. The molecule has 1 amide bonds. The monoisotopic (exact) mass is 331 g/mol. The van der Waals surface area contributed by atoms with Gasteiger partial charge in [0.15, 0.2) is 0 Å². The number of nitrogens with zero attached hydrogens (tertiary/aromatic N) is 1. The molecule has 0 saturated heterocycles. The fraction of sp³-hybridized carbons (Fsp3) is 0.250. The molecule has 2 aromatic rings. The molecule has 1 aromatic carbocycles. The van der Waals surface area contributed by atoms with Gasteiger partial charge in [-0.15, -0.1) is 0 Å². The number of nitrogens with one attached hydrogen (secondary N) is 2. The first-order valence-electron chi connectivity index (χ1n) is 7.29. The highest BCUT2D eigenvalue weighted by Crippen LogP contribution is 2.20. The normalized spacial score (nSPS) is 14.3. The number of aryl methyl sites for hydroxylation is 1. The molecule has 0 spiro atoms. The molecule has 1 aromatic heterocycles. The number of carbonyl (C=O) groups is 1. The van der Waals surface area contributed by atoms with Crippen molar-refractivity contribution < 1.29 is 13.2 Å². The molecule has 1 saturated carbocycles. The maximum atomic E-state index is 12.3. The first kappa shape index (κ1) is 15.5. The van der Waals surface area contributed by atoms with E-state index in [1.165, 1.54) is 30.6 Å². The van der Waals surface area contributed by atoms with Crippen LogP contribution in [-0.2, 0) is 10.0 Å². The van der Waals surface area contributed by atoms with E-state index in [9.17, 15) is 13.2 Å². The van der Waals surface area contributed by atoms with Crippen molar-refractivity contribution in [2.45, 2.75) is 30.7 Å². The first-order chi connectivity index (χ1) is 10.9. The number of amides is 1. The molecule has 120 valence electrons. The van der Waals surface area contributed by atoms with Gasteiger partial charge in [0.05, 0.1) is 22.3 Å². The van der Waals surface area contributed by atoms with Crippen molar-refractivity contribution in [3.05, 3.63) is 53.9 Å². The number of benzene rings is 1. The number of anilines is 1. The van der Waals surface area contributed by atoms with Crippen LogP contribution in [0.4, 0.5) is 5.69 Å². The molecule has 1 fully saturated rings. The summed E-state index contributed by atoms with van der Waals surface area (Å²) >= 11 is 0. The van der Waals surface area contributed by atoms with E-state index in [0.29, 0.717) is 5.56 Å². The van der Waals surface area contributed by atoms with Crippen LogP contribution in [0.1, 0.15) is 28.8 Å². The van der Waals surface area contributed by atoms with Gasteiger partial charge in [-0.1, -0.05) is 17.7 Å². The van der Waals surface area contributed by atoms with Crippen molar-refractivity contribution in [1.29, 1.82) is 0 Å². The zero-order chi connectivity index (χ0) is 16.4. The van der Waals surface area contributed by atoms with E-state index >= 15 is 0 Å². The van der Waals surface area contributed by atoms with Gasteiger partial charge in [-0.25, -0.2) is 8.42 Å². The third-order valence-corrected chi connectivity index (χ3v) is 4.89. The van der Waals surface area contributed by atoms with Crippen LogP contribution < -0.4 is 10.0 Å². The van der Waals surface area contributed by atoms with E-state index in [0.717, 1.165) is 18.4 Å². The van der Waals surface area contributed by atoms with Gasteiger partial charge in [-0.2, -0.15) is 0 Å². The second-order valence-corrected chi connectivity index (χ2v) is 7.31. The molecule has 1 heterocycles. The van der Waals surface area contributed by atoms with Gasteiger partial charge in [0, 0.05) is 12.2 Å². The Morgan fingerprint density at radius 3 is 2.52 bits per heavy atom. The standard InChI is InChI=1S/C16H17N3O3S/c1-11-2-6-15(7-3-11)23(21,22)19-14-8-12(9-17-10-14)16(20)18-13-4-5-13/h2-3,6-10,13,19H,4-5H2,1H3,(H,18,20). The lowest BCUT2D eigenvalue weighted by Gasteiger charge is -2.09. The molecule has 2 N–H and O–H groups in total. The lowest BCUT2D eigenvalue weighted by Crippen LogP contribution is -2.25. The molecule has 0 radical (unpaired) electrons. The summed E-state index contributed by atoms with van der Waals surface area (Å²) in [6.07, 6.45) is 4.76. The number of sulfonamides is 1. The zero-order valence-electron chi connectivity index (χ0n) is 12.6. The van der Waals surface area contributed by atoms with Crippen molar-refractivity contribution in [3.63, 3.8) is 0 Å².